The third-order valence-electron chi connectivity index (χ3n) is 3.69. The van der Waals surface area contributed by atoms with Crippen LogP contribution in [0.15, 0.2) is 47.7 Å². The standard InChI is InChI=1S/C18H27N5/c1-19-18(20-12-6-10-16-8-4-3-5-9-16)21-13-7-11-17-14-22-23(2)15-17/h3-5,8-9,14-15H,6-7,10-13H2,1-2H3,(H2,19,20,21). The van der Waals surface area contributed by atoms with Crippen LogP contribution in [0.5, 0.6) is 0 Å². The van der Waals surface area contributed by atoms with Crippen LogP contribution in [-0.2, 0) is 19.9 Å². The minimum absolute atomic E-state index is 0.879. The van der Waals surface area contributed by atoms with Crippen molar-refractivity contribution in [3.63, 3.8) is 0 Å². The number of nitrogens with zero attached hydrogens (tertiary/aromatic N) is 3. The van der Waals surface area contributed by atoms with Crippen LogP contribution in [0, 0.1) is 0 Å². The van der Waals surface area contributed by atoms with Crippen molar-refractivity contribution in [1.29, 1.82) is 0 Å². The molecule has 1 heterocycles. The summed E-state index contributed by atoms with van der Waals surface area (Å²) in [6, 6.07) is 10.6. The molecular formula is C18H27N5. The van der Waals surface area contributed by atoms with Crippen LogP contribution in [0.3, 0.4) is 0 Å². The fraction of sp³-hybridized carbons (Fsp3) is 0.444. The van der Waals surface area contributed by atoms with Crippen molar-refractivity contribution in [2.45, 2.75) is 25.7 Å². The number of aromatic nitrogens is 2. The van der Waals surface area contributed by atoms with Crippen molar-refractivity contribution >= 4 is 5.96 Å². The van der Waals surface area contributed by atoms with Gasteiger partial charge in [-0.2, -0.15) is 5.10 Å². The fourth-order valence-electron chi connectivity index (χ4n) is 2.46. The Kier molecular flexibility index (Phi) is 7.17. The number of guanidine groups is 1. The average molecular weight is 313 g/mol. The molecule has 5 nitrogen and oxygen atoms in total. The van der Waals surface area contributed by atoms with E-state index in [-0.39, 0.29) is 0 Å². The number of hydrogen-bond acceptors (Lipinski definition) is 2. The highest BCUT2D eigenvalue weighted by atomic mass is 15.2. The van der Waals surface area contributed by atoms with Crippen LogP contribution in [0.1, 0.15) is 24.0 Å². The third-order valence-corrected chi connectivity index (χ3v) is 3.69. The van der Waals surface area contributed by atoms with Crippen LogP contribution in [0.25, 0.3) is 0 Å². The molecule has 5 heteroatoms. The molecule has 1 aromatic carbocycles. The van der Waals surface area contributed by atoms with E-state index in [1.165, 1.54) is 11.1 Å². The maximum atomic E-state index is 4.26. The molecule has 0 bridgehead atoms. The van der Waals surface area contributed by atoms with Crippen LogP contribution in [0.4, 0.5) is 0 Å². The molecule has 0 aliphatic heterocycles. The first kappa shape index (κ1) is 17.1. The molecule has 0 fully saturated rings. The number of aryl methyl sites for hydroxylation is 3. The van der Waals surface area contributed by atoms with Crippen LogP contribution in [-0.4, -0.2) is 35.9 Å². The lowest BCUT2D eigenvalue weighted by Crippen LogP contribution is -2.38. The number of nitrogens with one attached hydrogen (secondary N) is 2. The molecule has 124 valence electrons. The van der Waals surface area contributed by atoms with E-state index >= 15 is 0 Å². The Bertz CT molecular complexity index is 588. The van der Waals surface area contributed by atoms with Gasteiger partial charge in [0.25, 0.3) is 0 Å². The molecule has 0 saturated heterocycles. The summed E-state index contributed by atoms with van der Waals surface area (Å²) in [6.45, 7) is 1.84. The highest BCUT2D eigenvalue weighted by Crippen LogP contribution is 2.01. The topological polar surface area (TPSA) is 54.2 Å². The molecule has 0 spiro atoms. The van der Waals surface area contributed by atoms with Crippen LogP contribution in [0.2, 0.25) is 0 Å². The quantitative estimate of drug-likeness (QED) is 0.446. The van der Waals surface area contributed by atoms with Crippen LogP contribution < -0.4 is 10.6 Å². The van der Waals surface area contributed by atoms with Gasteiger partial charge >= 0.3 is 0 Å². The van der Waals surface area contributed by atoms with Gasteiger partial charge in [0, 0.05) is 33.4 Å². The van der Waals surface area contributed by atoms with Gasteiger partial charge < -0.3 is 10.6 Å². The molecule has 2 rings (SSSR count). The summed E-state index contributed by atoms with van der Waals surface area (Å²) in [5.41, 5.74) is 2.66. The van der Waals surface area contributed by atoms with Gasteiger partial charge in [-0.05, 0) is 36.8 Å². The van der Waals surface area contributed by atoms with Crippen molar-refractivity contribution in [3.05, 3.63) is 53.9 Å². The predicted molar refractivity (Wildman–Crippen MR) is 95.7 cm³/mol. The fourth-order valence-corrected chi connectivity index (χ4v) is 2.46. The van der Waals surface area contributed by atoms with E-state index in [0.29, 0.717) is 0 Å². The lowest BCUT2D eigenvalue weighted by molar-refractivity contribution is 0.717. The molecule has 2 aromatic rings. The number of aliphatic imine (C=N–C) groups is 1. The predicted octanol–water partition coefficient (Wildman–Crippen LogP) is 2.15. The molecule has 23 heavy (non-hydrogen) atoms. The van der Waals surface area contributed by atoms with Crippen molar-refractivity contribution < 1.29 is 0 Å². The van der Waals surface area contributed by atoms with Crippen molar-refractivity contribution in [3.8, 4) is 0 Å². The molecule has 0 radical (unpaired) electrons. The van der Waals surface area contributed by atoms with Gasteiger partial charge in [-0.1, -0.05) is 30.3 Å². The molecule has 0 atom stereocenters. The van der Waals surface area contributed by atoms with Gasteiger partial charge in [-0.3, -0.25) is 9.67 Å². The smallest absolute Gasteiger partial charge is 0.190 e. The first-order valence-corrected chi connectivity index (χ1v) is 8.24. The van der Waals surface area contributed by atoms with Crippen LogP contribution >= 0.6 is 0 Å². The van der Waals surface area contributed by atoms with Crippen molar-refractivity contribution in [2.24, 2.45) is 12.0 Å². The van der Waals surface area contributed by atoms with Crippen molar-refractivity contribution in [1.82, 2.24) is 20.4 Å². The zero-order chi connectivity index (χ0) is 16.3. The van der Waals surface area contributed by atoms with Gasteiger partial charge in [-0.15, -0.1) is 0 Å². The van der Waals surface area contributed by atoms with E-state index in [0.717, 1.165) is 44.7 Å². The van der Waals surface area contributed by atoms with Gasteiger partial charge in [0.05, 0.1) is 6.20 Å². The van der Waals surface area contributed by atoms with E-state index in [4.69, 9.17) is 0 Å². The van der Waals surface area contributed by atoms with Gasteiger partial charge in [0.2, 0.25) is 0 Å². The Labute approximate surface area is 138 Å². The lowest BCUT2D eigenvalue weighted by Gasteiger charge is -2.11. The first-order valence-electron chi connectivity index (χ1n) is 8.24. The molecular weight excluding hydrogens is 286 g/mol. The SMILES string of the molecule is CN=C(NCCCc1ccccc1)NCCCc1cnn(C)c1. The number of hydrogen-bond donors (Lipinski definition) is 2. The van der Waals surface area contributed by atoms with E-state index in [2.05, 4.69) is 57.3 Å². The zero-order valence-corrected chi connectivity index (χ0v) is 14.1. The molecule has 0 unspecified atom stereocenters. The minimum atomic E-state index is 0.879. The maximum absolute atomic E-state index is 4.26. The Balaban J connectivity index is 1.56. The Morgan fingerprint density at radius 3 is 2.26 bits per heavy atom. The largest absolute Gasteiger partial charge is 0.356 e. The van der Waals surface area contributed by atoms with Gasteiger partial charge in [0.15, 0.2) is 5.96 Å². The monoisotopic (exact) mass is 313 g/mol. The van der Waals surface area contributed by atoms with E-state index in [9.17, 15) is 0 Å². The molecule has 0 aliphatic rings. The normalized spacial score (nSPS) is 11.5. The van der Waals surface area contributed by atoms with Gasteiger partial charge in [-0.25, -0.2) is 0 Å². The zero-order valence-electron chi connectivity index (χ0n) is 14.1. The highest BCUT2D eigenvalue weighted by Gasteiger charge is 1.99. The molecule has 0 amide bonds. The van der Waals surface area contributed by atoms with Gasteiger partial charge in [0.1, 0.15) is 0 Å². The molecule has 2 N–H and O–H groups in total. The first-order chi connectivity index (χ1) is 11.3. The Morgan fingerprint density at radius 2 is 1.70 bits per heavy atom. The second-order valence-corrected chi connectivity index (χ2v) is 5.64. The second kappa shape index (κ2) is 9.66. The number of benzene rings is 1. The summed E-state index contributed by atoms with van der Waals surface area (Å²) in [5, 5.41) is 10.9. The summed E-state index contributed by atoms with van der Waals surface area (Å²) in [5.74, 6) is 0.879. The molecule has 0 saturated carbocycles. The Hall–Kier alpha value is -2.30. The summed E-state index contributed by atoms with van der Waals surface area (Å²) in [4.78, 5) is 4.26. The second-order valence-electron chi connectivity index (χ2n) is 5.64. The summed E-state index contributed by atoms with van der Waals surface area (Å²) < 4.78 is 1.84. The average Bonchev–Trinajstić information content (AvgIpc) is 2.99. The van der Waals surface area contributed by atoms with E-state index in [1.807, 2.05) is 25.0 Å². The third kappa shape index (κ3) is 6.55. The lowest BCUT2D eigenvalue weighted by atomic mass is 10.1. The van der Waals surface area contributed by atoms with E-state index in [1.54, 1.807) is 0 Å². The summed E-state index contributed by atoms with van der Waals surface area (Å²) >= 11 is 0. The molecule has 0 aliphatic carbocycles. The van der Waals surface area contributed by atoms with E-state index < -0.39 is 0 Å². The minimum Gasteiger partial charge on any atom is -0.356 e. The Morgan fingerprint density at radius 1 is 1.04 bits per heavy atom. The van der Waals surface area contributed by atoms with Crippen molar-refractivity contribution in [2.75, 3.05) is 20.1 Å². The summed E-state index contributed by atoms with van der Waals surface area (Å²) in [6.07, 6.45) is 8.28. The molecule has 1 aromatic heterocycles. The summed E-state index contributed by atoms with van der Waals surface area (Å²) in [7, 11) is 3.76. The number of rotatable bonds is 8. The highest BCUT2D eigenvalue weighted by molar-refractivity contribution is 5.79. The maximum Gasteiger partial charge on any atom is 0.190 e.